The highest BCUT2D eigenvalue weighted by atomic mass is 31.2. The molecule has 0 bridgehead atoms. The highest BCUT2D eigenvalue weighted by Crippen LogP contribution is 2.41. The number of hydrogen-bond acceptors (Lipinski definition) is 0. The molecule has 0 radical (unpaired) electrons. The largest absolute Gasteiger partial charge is 0.122 e. The minimum atomic E-state index is -1.03. The molecule has 13 heavy (non-hydrogen) atoms. The van der Waals surface area contributed by atoms with Gasteiger partial charge in [-0.2, -0.15) is 0 Å². The van der Waals surface area contributed by atoms with E-state index in [4.69, 9.17) is 0 Å². The highest BCUT2D eigenvalue weighted by Gasteiger charge is 2.33. The molecule has 0 heterocycles. The summed E-state index contributed by atoms with van der Waals surface area (Å²) in [7, 11) is -2.06. The first kappa shape index (κ1) is 13.7. The van der Waals surface area contributed by atoms with Crippen LogP contribution in [-0.2, 0) is 0 Å². The van der Waals surface area contributed by atoms with Crippen LogP contribution in [0, 0.1) is 0 Å². The van der Waals surface area contributed by atoms with Crippen molar-refractivity contribution in [3.8, 4) is 0 Å². The van der Waals surface area contributed by atoms with E-state index in [1.54, 1.807) is 0 Å². The minimum Gasteiger partial charge on any atom is -0.122 e. The van der Waals surface area contributed by atoms with E-state index < -0.39 is 23.0 Å². The van der Waals surface area contributed by atoms with Crippen LogP contribution in [0.25, 0.3) is 0 Å². The first-order valence-corrected chi connectivity index (χ1v) is 15.2. The summed E-state index contributed by atoms with van der Waals surface area (Å²) in [6.07, 6.45) is 0. The Morgan fingerprint density at radius 2 is 0.923 bits per heavy atom. The van der Waals surface area contributed by atoms with E-state index in [0.29, 0.717) is 0 Å². The van der Waals surface area contributed by atoms with Crippen molar-refractivity contribution in [2.45, 2.75) is 39.3 Å². The normalized spacial score (nSPS) is 14.5. The molecule has 3 heteroatoms. The summed E-state index contributed by atoms with van der Waals surface area (Å²) in [5.41, 5.74) is 0. The monoisotopic (exact) mass is 234 g/mol. The van der Waals surface area contributed by atoms with Crippen LogP contribution in [0.5, 0.6) is 0 Å². The Kier molecular flexibility index (Phi) is 3.92. The zero-order valence-electron chi connectivity index (χ0n) is 10.9. The van der Waals surface area contributed by atoms with Gasteiger partial charge < -0.3 is 0 Å². The maximum atomic E-state index is 2.52. The molecular formula is C10H27PSi2. The lowest BCUT2D eigenvalue weighted by molar-refractivity contribution is 1.79. The molecule has 0 aromatic carbocycles. The lowest BCUT2D eigenvalue weighted by atomic mass is 11.7. The van der Waals surface area contributed by atoms with Gasteiger partial charge in [-0.25, -0.2) is 0 Å². The maximum Gasteiger partial charge on any atom is 0.0683 e. The van der Waals surface area contributed by atoms with Gasteiger partial charge in [0.2, 0.25) is 0 Å². The summed E-state index contributed by atoms with van der Waals surface area (Å²) < 4.78 is 2.03. The van der Waals surface area contributed by atoms with E-state index in [1.807, 2.05) is 4.54 Å². The van der Waals surface area contributed by atoms with Crippen LogP contribution in [0.3, 0.4) is 0 Å². The maximum absolute atomic E-state index is 2.52. The van der Waals surface area contributed by atoms with Gasteiger partial charge in [0.1, 0.15) is 0 Å². The van der Waals surface area contributed by atoms with Crippen molar-refractivity contribution < 1.29 is 0 Å². The molecular weight excluding hydrogens is 207 g/mol. The molecule has 0 spiro atoms. The van der Waals surface area contributed by atoms with Gasteiger partial charge >= 0.3 is 0 Å². The Labute approximate surface area is 87.1 Å². The average molecular weight is 234 g/mol. The van der Waals surface area contributed by atoms with Crippen molar-refractivity contribution >= 4 is 27.6 Å². The highest BCUT2D eigenvalue weighted by molar-refractivity contribution is 7.84. The molecule has 80 valence electrons. The minimum absolute atomic E-state index is 0.729. The van der Waals surface area contributed by atoms with Crippen molar-refractivity contribution in [3.63, 3.8) is 0 Å². The summed E-state index contributed by atoms with van der Waals surface area (Å²) >= 11 is 0. The second-order valence-corrected chi connectivity index (χ2v) is 22.7. The molecule has 0 aromatic rings. The predicted molar refractivity (Wildman–Crippen MR) is 76.4 cm³/mol. The standard InChI is InChI=1S/C10H27PSi2/c1-11(2,3)10(12(4,5)6)13(7,8)9/h1-9H3. The van der Waals surface area contributed by atoms with Crippen molar-refractivity contribution in [2.75, 3.05) is 20.0 Å². The number of hydrogen-bond donors (Lipinski definition) is 0. The topological polar surface area (TPSA) is 0 Å². The summed E-state index contributed by atoms with van der Waals surface area (Å²) in [5.74, 6) is 0. The smallest absolute Gasteiger partial charge is 0.0683 e. The Morgan fingerprint density at radius 3 is 0.923 bits per heavy atom. The van der Waals surface area contributed by atoms with Gasteiger partial charge in [-0.1, -0.05) is 43.8 Å². The van der Waals surface area contributed by atoms with Crippen LogP contribution in [0.1, 0.15) is 0 Å². The number of rotatable bonds is 2. The van der Waals surface area contributed by atoms with E-state index in [-0.39, 0.29) is 0 Å². The fourth-order valence-corrected chi connectivity index (χ4v) is 28.2. The molecule has 0 aromatic heterocycles. The average Bonchev–Trinajstić information content (AvgIpc) is 1.44. The van der Waals surface area contributed by atoms with Gasteiger partial charge in [-0.3, -0.25) is 0 Å². The molecule has 0 aliphatic rings. The third kappa shape index (κ3) is 4.18. The summed E-state index contributed by atoms with van der Waals surface area (Å²) in [5, 5.41) is 0. The van der Waals surface area contributed by atoms with Crippen molar-refractivity contribution in [1.82, 2.24) is 0 Å². The van der Waals surface area contributed by atoms with Gasteiger partial charge in [0, 0.05) is 0 Å². The Morgan fingerprint density at radius 1 is 0.692 bits per heavy atom. The molecule has 0 aliphatic heterocycles. The van der Waals surface area contributed by atoms with Gasteiger partial charge in [0.25, 0.3) is 0 Å². The molecule has 0 atom stereocenters. The van der Waals surface area contributed by atoms with Crippen LogP contribution in [0.15, 0.2) is 0 Å². The van der Waals surface area contributed by atoms with E-state index >= 15 is 0 Å². The molecule has 0 nitrogen and oxygen atoms in total. The molecule has 0 rings (SSSR count). The van der Waals surface area contributed by atoms with Crippen LogP contribution in [0.4, 0.5) is 0 Å². The zero-order chi connectivity index (χ0) is 11.1. The lowest BCUT2D eigenvalue weighted by Crippen LogP contribution is -2.50. The molecule has 0 unspecified atom stereocenters. The second-order valence-electron chi connectivity index (χ2n) is 6.86. The third-order valence-corrected chi connectivity index (χ3v) is 18.8. The lowest BCUT2D eigenvalue weighted by Gasteiger charge is -2.37. The summed E-state index contributed by atoms with van der Waals surface area (Å²) in [6, 6.07) is 0. The quantitative estimate of drug-likeness (QED) is 0.503. The van der Waals surface area contributed by atoms with E-state index in [0.717, 1.165) is 0 Å². The molecule has 0 fully saturated rings. The van der Waals surface area contributed by atoms with E-state index in [2.05, 4.69) is 59.3 Å². The van der Waals surface area contributed by atoms with Crippen molar-refractivity contribution in [3.05, 3.63) is 0 Å². The molecule has 0 saturated heterocycles. The van der Waals surface area contributed by atoms with Gasteiger partial charge in [-0.05, 0) is 20.0 Å². The van der Waals surface area contributed by atoms with Gasteiger partial charge in [0.15, 0.2) is 0 Å². The Hall–Kier alpha value is 0.734. The predicted octanol–water partition coefficient (Wildman–Crippen LogP) is 3.82. The third-order valence-electron chi connectivity index (χ3n) is 2.09. The van der Waals surface area contributed by atoms with Crippen LogP contribution in [-0.4, -0.2) is 40.7 Å². The van der Waals surface area contributed by atoms with Crippen LogP contribution in [0.2, 0.25) is 39.3 Å². The van der Waals surface area contributed by atoms with Crippen molar-refractivity contribution in [1.29, 1.82) is 0 Å². The zero-order valence-corrected chi connectivity index (χ0v) is 13.8. The first-order valence-electron chi connectivity index (χ1n) is 5.07. The molecule has 0 aliphatic carbocycles. The molecule has 0 saturated carbocycles. The molecule has 0 N–H and O–H groups in total. The van der Waals surface area contributed by atoms with Crippen LogP contribution >= 0.6 is 6.89 Å². The van der Waals surface area contributed by atoms with E-state index in [1.165, 1.54) is 0 Å². The Balaban J connectivity index is 5.56. The fraction of sp³-hybridized carbons (Fsp3) is 0.900. The Bertz CT molecular complexity index is 210. The summed E-state index contributed by atoms with van der Waals surface area (Å²) in [4.78, 5) is 0. The van der Waals surface area contributed by atoms with Crippen molar-refractivity contribution in [2.24, 2.45) is 0 Å². The van der Waals surface area contributed by atoms with Gasteiger partial charge in [-0.15, -0.1) is 6.89 Å². The van der Waals surface area contributed by atoms with E-state index in [9.17, 15) is 0 Å². The SMILES string of the molecule is C[Si](C)(C)C([Si](C)(C)C)=P(C)(C)C. The second kappa shape index (κ2) is 3.71. The van der Waals surface area contributed by atoms with Crippen LogP contribution < -0.4 is 0 Å². The summed E-state index contributed by atoms with van der Waals surface area (Å²) in [6.45, 7) is 21.9. The first-order chi connectivity index (χ1) is 5.37. The molecule has 0 amide bonds. The fourth-order valence-electron chi connectivity index (χ4n) is 3.14. The van der Waals surface area contributed by atoms with Gasteiger partial charge in [0.05, 0.1) is 16.1 Å².